The SMILES string of the molecule is CCOC(=O)C1CC1CO[Si](C)(C)C(C)(C)C. The fourth-order valence-corrected chi connectivity index (χ4v) is 2.57. The van der Waals surface area contributed by atoms with Gasteiger partial charge in [0.2, 0.25) is 0 Å². The lowest BCUT2D eigenvalue weighted by atomic mass is 10.2. The topological polar surface area (TPSA) is 35.5 Å². The molecule has 4 heteroatoms. The highest BCUT2D eigenvalue weighted by Gasteiger charge is 2.46. The maximum atomic E-state index is 11.5. The fraction of sp³-hybridized carbons (Fsp3) is 0.923. The molecule has 0 bridgehead atoms. The van der Waals surface area contributed by atoms with Crippen molar-refractivity contribution >= 4 is 14.3 Å². The molecule has 0 spiro atoms. The van der Waals surface area contributed by atoms with E-state index in [-0.39, 0.29) is 16.9 Å². The standard InChI is InChI=1S/C13H26O3Si/c1-7-15-12(14)11-8-10(11)9-16-17(5,6)13(2,3)4/h10-11H,7-9H2,1-6H3. The molecule has 1 aliphatic rings. The summed E-state index contributed by atoms with van der Waals surface area (Å²) >= 11 is 0. The molecule has 0 heterocycles. The number of carbonyl (C=O) groups is 1. The van der Waals surface area contributed by atoms with E-state index < -0.39 is 8.32 Å². The lowest BCUT2D eigenvalue weighted by Crippen LogP contribution is -2.41. The third kappa shape index (κ3) is 3.81. The van der Waals surface area contributed by atoms with Gasteiger partial charge in [-0.2, -0.15) is 0 Å². The van der Waals surface area contributed by atoms with Crippen molar-refractivity contribution in [2.24, 2.45) is 11.8 Å². The summed E-state index contributed by atoms with van der Waals surface area (Å²) in [7, 11) is -1.66. The van der Waals surface area contributed by atoms with Crippen molar-refractivity contribution in [3.8, 4) is 0 Å². The van der Waals surface area contributed by atoms with Crippen LogP contribution in [0.1, 0.15) is 34.1 Å². The van der Waals surface area contributed by atoms with Crippen molar-refractivity contribution < 1.29 is 14.0 Å². The Morgan fingerprint density at radius 1 is 1.35 bits per heavy atom. The average Bonchev–Trinajstić information content (AvgIpc) is 2.92. The summed E-state index contributed by atoms with van der Waals surface area (Å²) in [5.41, 5.74) is 0. The molecule has 0 aromatic rings. The number of ether oxygens (including phenoxy) is 1. The van der Waals surface area contributed by atoms with Crippen LogP contribution in [-0.4, -0.2) is 27.5 Å². The number of hydrogen-bond donors (Lipinski definition) is 0. The van der Waals surface area contributed by atoms with Crippen LogP contribution < -0.4 is 0 Å². The van der Waals surface area contributed by atoms with E-state index in [0.29, 0.717) is 12.5 Å². The molecule has 0 N–H and O–H groups in total. The van der Waals surface area contributed by atoms with E-state index in [4.69, 9.17) is 9.16 Å². The smallest absolute Gasteiger partial charge is 0.309 e. The van der Waals surface area contributed by atoms with Crippen LogP contribution in [0.15, 0.2) is 0 Å². The zero-order valence-corrected chi connectivity index (χ0v) is 13.0. The number of rotatable bonds is 5. The summed E-state index contributed by atoms with van der Waals surface area (Å²) in [5.74, 6) is 0.444. The van der Waals surface area contributed by atoms with E-state index in [0.717, 1.165) is 13.0 Å². The van der Waals surface area contributed by atoms with Gasteiger partial charge >= 0.3 is 5.97 Å². The quantitative estimate of drug-likeness (QED) is 0.561. The molecule has 1 rings (SSSR count). The number of hydrogen-bond acceptors (Lipinski definition) is 3. The minimum absolute atomic E-state index is 0.0451. The van der Waals surface area contributed by atoms with Crippen molar-refractivity contribution in [2.75, 3.05) is 13.2 Å². The van der Waals surface area contributed by atoms with Crippen LogP contribution in [0.4, 0.5) is 0 Å². The first-order valence-electron chi connectivity index (χ1n) is 6.49. The Hall–Kier alpha value is -0.353. The molecule has 0 aromatic heterocycles. The van der Waals surface area contributed by atoms with Crippen molar-refractivity contribution in [3.63, 3.8) is 0 Å². The molecule has 2 atom stereocenters. The molecule has 0 aromatic carbocycles. The second kappa shape index (κ2) is 5.10. The Kier molecular flexibility index (Phi) is 4.41. The number of esters is 1. The van der Waals surface area contributed by atoms with Crippen LogP contribution in [0.5, 0.6) is 0 Å². The van der Waals surface area contributed by atoms with E-state index >= 15 is 0 Å². The first-order chi connectivity index (χ1) is 7.69. The monoisotopic (exact) mass is 258 g/mol. The first kappa shape index (κ1) is 14.7. The van der Waals surface area contributed by atoms with E-state index in [1.165, 1.54) is 0 Å². The highest BCUT2D eigenvalue weighted by atomic mass is 28.4. The van der Waals surface area contributed by atoms with Crippen molar-refractivity contribution in [3.05, 3.63) is 0 Å². The van der Waals surface area contributed by atoms with E-state index in [1.807, 2.05) is 6.92 Å². The zero-order valence-electron chi connectivity index (χ0n) is 12.0. The molecule has 0 amide bonds. The minimum atomic E-state index is -1.66. The highest BCUT2D eigenvalue weighted by Crippen LogP contribution is 2.42. The first-order valence-corrected chi connectivity index (χ1v) is 9.40. The molecule has 3 nitrogen and oxygen atoms in total. The normalized spacial score (nSPS) is 24.6. The third-order valence-electron chi connectivity index (χ3n) is 3.98. The fourth-order valence-electron chi connectivity index (χ4n) is 1.50. The summed E-state index contributed by atoms with van der Waals surface area (Å²) in [5, 5.41) is 0.237. The van der Waals surface area contributed by atoms with Gasteiger partial charge in [-0.3, -0.25) is 4.79 Å². The maximum absolute atomic E-state index is 11.5. The highest BCUT2D eigenvalue weighted by molar-refractivity contribution is 6.74. The van der Waals surface area contributed by atoms with Crippen LogP contribution >= 0.6 is 0 Å². The van der Waals surface area contributed by atoms with Crippen molar-refractivity contribution in [2.45, 2.75) is 52.2 Å². The Balaban J connectivity index is 2.33. The van der Waals surface area contributed by atoms with Gasteiger partial charge in [-0.05, 0) is 37.4 Å². The lowest BCUT2D eigenvalue weighted by Gasteiger charge is -2.36. The molecule has 0 saturated heterocycles. The Labute approximate surface area is 106 Å². The Bertz CT molecular complexity index is 281. The molecule has 1 saturated carbocycles. The summed E-state index contributed by atoms with van der Waals surface area (Å²) in [6.07, 6.45) is 0.938. The van der Waals surface area contributed by atoms with Crippen LogP contribution in [0.2, 0.25) is 18.1 Å². The largest absolute Gasteiger partial charge is 0.466 e. The van der Waals surface area contributed by atoms with Gasteiger partial charge in [-0.1, -0.05) is 20.8 Å². The molecule has 0 aliphatic heterocycles. The molecule has 17 heavy (non-hydrogen) atoms. The van der Waals surface area contributed by atoms with Gasteiger partial charge in [0.25, 0.3) is 0 Å². The predicted molar refractivity (Wildman–Crippen MR) is 71.4 cm³/mol. The molecular formula is C13H26O3Si. The van der Waals surface area contributed by atoms with Gasteiger partial charge in [-0.15, -0.1) is 0 Å². The van der Waals surface area contributed by atoms with Crippen molar-refractivity contribution in [1.82, 2.24) is 0 Å². The van der Waals surface area contributed by atoms with Crippen LogP contribution in [0.25, 0.3) is 0 Å². The van der Waals surface area contributed by atoms with Gasteiger partial charge < -0.3 is 9.16 Å². The van der Waals surface area contributed by atoms with E-state index in [2.05, 4.69) is 33.9 Å². The van der Waals surface area contributed by atoms with E-state index in [1.54, 1.807) is 0 Å². The molecular weight excluding hydrogens is 232 g/mol. The lowest BCUT2D eigenvalue weighted by molar-refractivity contribution is -0.145. The second-order valence-corrected chi connectivity index (χ2v) is 11.2. The molecule has 100 valence electrons. The molecule has 2 unspecified atom stereocenters. The molecule has 1 aliphatic carbocycles. The zero-order chi connectivity index (χ0) is 13.3. The van der Waals surface area contributed by atoms with E-state index in [9.17, 15) is 4.79 Å². The second-order valence-electron chi connectivity index (χ2n) is 6.43. The predicted octanol–water partition coefficient (Wildman–Crippen LogP) is 3.21. The average molecular weight is 258 g/mol. The summed E-state index contributed by atoms with van der Waals surface area (Å²) < 4.78 is 11.1. The molecule has 1 fully saturated rings. The van der Waals surface area contributed by atoms with Gasteiger partial charge in [0.05, 0.1) is 12.5 Å². The van der Waals surface area contributed by atoms with Gasteiger partial charge in [0.15, 0.2) is 8.32 Å². The number of carbonyl (C=O) groups excluding carboxylic acids is 1. The van der Waals surface area contributed by atoms with Crippen LogP contribution in [0.3, 0.4) is 0 Å². The maximum Gasteiger partial charge on any atom is 0.309 e. The van der Waals surface area contributed by atoms with Gasteiger partial charge in [-0.25, -0.2) is 0 Å². The summed E-state index contributed by atoms with van der Waals surface area (Å²) in [4.78, 5) is 11.5. The minimum Gasteiger partial charge on any atom is -0.466 e. The van der Waals surface area contributed by atoms with Gasteiger partial charge in [0.1, 0.15) is 0 Å². The third-order valence-corrected chi connectivity index (χ3v) is 8.48. The van der Waals surface area contributed by atoms with Crippen LogP contribution in [-0.2, 0) is 14.0 Å². The van der Waals surface area contributed by atoms with Crippen molar-refractivity contribution in [1.29, 1.82) is 0 Å². The Morgan fingerprint density at radius 2 is 1.94 bits per heavy atom. The van der Waals surface area contributed by atoms with Crippen LogP contribution in [0, 0.1) is 11.8 Å². The van der Waals surface area contributed by atoms with Gasteiger partial charge in [0, 0.05) is 6.61 Å². The summed E-state index contributed by atoms with van der Waals surface area (Å²) in [6.45, 7) is 14.2. The summed E-state index contributed by atoms with van der Waals surface area (Å²) in [6, 6.07) is 0. The molecule has 0 radical (unpaired) electrons. The Morgan fingerprint density at radius 3 is 2.41 bits per heavy atom.